The van der Waals surface area contributed by atoms with Crippen LogP contribution in [-0.4, -0.2) is 12.6 Å². The van der Waals surface area contributed by atoms with Crippen LogP contribution < -0.4 is 10.5 Å². The molecule has 0 radical (unpaired) electrons. The molecule has 0 spiro atoms. The topological polar surface area (TPSA) is 35.2 Å². The first-order valence-corrected chi connectivity index (χ1v) is 6.75. The largest absolute Gasteiger partial charge is 0.492 e. The molecule has 1 unspecified atom stereocenters. The lowest BCUT2D eigenvalue weighted by atomic mass is 10.0. The van der Waals surface area contributed by atoms with Crippen molar-refractivity contribution in [1.82, 2.24) is 0 Å². The highest BCUT2D eigenvalue weighted by Crippen LogP contribution is 2.30. The number of hydrogen-bond acceptors (Lipinski definition) is 2. The van der Waals surface area contributed by atoms with E-state index in [1.807, 2.05) is 18.2 Å². The van der Waals surface area contributed by atoms with Crippen LogP contribution in [0.4, 0.5) is 0 Å². The molecule has 2 nitrogen and oxygen atoms in total. The Morgan fingerprint density at radius 2 is 2.29 bits per heavy atom. The summed E-state index contributed by atoms with van der Waals surface area (Å²) in [6.07, 6.45) is 4.52. The van der Waals surface area contributed by atoms with Crippen LogP contribution in [-0.2, 0) is 6.42 Å². The third kappa shape index (κ3) is 4.52. The Balaban J connectivity index is 2.80. The van der Waals surface area contributed by atoms with Gasteiger partial charge in [-0.2, -0.15) is 0 Å². The maximum Gasteiger partial charge on any atom is 0.136 e. The zero-order valence-electron chi connectivity index (χ0n) is 10.3. The zero-order valence-corrected chi connectivity index (χ0v) is 11.9. The molecule has 0 aliphatic heterocycles. The summed E-state index contributed by atoms with van der Waals surface area (Å²) in [7, 11) is 0. The predicted molar refractivity (Wildman–Crippen MR) is 76.4 cm³/mol. The fourth-order valence-electron chi connectivity index (χ4n) is 1.55. The van der Waals surface area contributed by atoms with Gasteiger partial charge in [0.1, 0.15) is 5.75 Å². The van der Waals surface area contributed by atoms with Gasteiger partial charge in [-0.1, -0.05) is 25.1 Å². The van der Waals surface area contributed by atoms with Crippen LogP contribution in [0.2, 0.25) is 0 Å². The Labute approximate surface area is 112 Å². The molecule has 94 valence electrons. The highest BCUT2D eigenvalue weighted by atomic mass is 79.9. The first-order chi connectivity index (χ1) is 8.19. The predicted octanol–water partition coefficient (Wildman–Crippen LogP) is 3.68. The summed E-state index contributed by atoms with van der Waals surface area (Å²) in [6, 6.07) is 6.27. The number of ether oxygens (including phenoxy) is 1. The minimum atomic E-state index is 0.186. The van der Waals surface area contributed by atoms with E-state index in [0.717, 1.165) is 35.0 Å². The number of hydrogen-bond donors (Lipinski definition) is 1. The molecule has 3 heteroatoms. The maximum atomic E-state index is 5.99. The van der Waals surface area contributed by atoms with E-state index in [-0.39, 0.29) is 6.04 Å². The lowest BCUT2D eigenvalue weighted by molar-refractivity contribution is 0.318. The summed E-state index contributed by atoms with van der Waals surface area (Å²) in [5.41, 5.74) is 7.16. The lowest BCUT2D eigenvalue weighted by Crippen LogP contribution is -2.21. The van der Waals surface area contributed by atoms with E-state index >= 15 is 0 Å². The van der Waals surface area contributed by atoms with Crippen molar-refractivity contribution in [3.63, 3.8) is 0 Å². The molecule has 0 bridgehead atoms. The van der Waals surface area contributed by atoms with Crippen molar-refractivity contribution >= 4 is 15.9 Å². The van der Waals surface area contributed by atoms with Crippen molar-refractivity contribution in [3.8, 4) is 5.75 Å². The molecule has 1 atom stereocenters. The number of nitrogens with two attached hydrogens (primary N) is 1. The smallest absolute Gasteiger partial charge is 0.136 e. The van der Waals surface area contributed by atoms with Crippen molar-refractivity contribution in [2.24, 2.45) is 5.73 Å². The second-order valence-corrected chi connectivity index (χ2v) is 4.88. The lowest BCUT2D eigenvalue weighted by Gasteiger charge is -2.15. The molecule has 0 heterocycles. The third-order valence-corrected chi connectivity index (χ3v) is 3.25. The molecule has 0 aliphatic rings. The van der Waals surface area contributed by atoms with E-state index in [2.05, 4.69) is 35.5 Å². The van der Waals surface area contributed by atoms with Crippen LogP contribution in [0, 0.1) is 0 Å². The van der Waals surface area contributed by atoms with E-state index in [1.165, 1.54) is 0 Å². The SMILES string of the molecule is C=CCCOc1c(Br)cccc1CC(N)CC. The van der Waals surface area contributed by atoms with Crippen molar-refractivity contribution in [1.29, 1.82) is 0 Å². The second kappa shape index (κ2) is 7.51. The van der Waals surface area contributed by atoms with Crippen molar-refractivity contribution in [2.75, 3.05) is 6.61 Å². The molecule has 0 saturated heterocycles. The molecule has 17 heavy (non-hydrogen) atoms. The molecule has 1 aromatic rings. The molecule has 1 aromatic carbocycles. The molecule has 0 fully saturated rings. The van der Waals surface area contributed by atoms with E-state index < -0.39 is 0 Å². The summed E-state index contributed by atoms with van der Waals surface area (Å²) in [4.78, 5) is 0. The van der Waals surface area contributed by atoms with Gasteiger partial charge in [0.15, 0.2) is 0 Å². The van der Waals surface area contributed by atoms with Gasteiger partial charge in [0.05, 0.1) is 11.1 Å². The number of para-hydroxylation sites is 1. The van der Waals surface area contributed by atoms with E-state index in [0.29, 0.717) is 6.61 Å². The van der Waals surface area contributed by atoms with Crippen LogP contribution in [0.15, 0.2) is 35.3 Å². The quantitative estimate of drug-likeness (QED) is 0.615. The van der Waals surface area contributed by atoms with Crippen molar-refractivity contribution in [3.05, 3.63) is 40.9 Å². The minimum absolute atomic E-state index is 0.186. The molecule has 0 amide bonds. The van der Waals surface area contributed by atoms with Crippen LogP contribution in [0.3, 0.4) is 0 Å². The van der Waals surface area contributed by atoms with E-state index in [4.69, 9.17) is 10.5 Å². The van der Waals surface area contributed by atoms with Crippen molar-refractivity contribution < 1.29 is 4.74 Å². The van der Waals surface area contributed by atoms with Gasteiger partial charge in [-0.05, 0) is 46.8 Å². The third-order valence-electron chi connectivity index (χ3n) is 2.62. The summed E-state index contributed by atoms with van der Waals surface area (Å²) in [5.74, 6) is 0.915. The average Bonchev–Trinajstić information content (AvgIpc) is 2.32. The first kappa shape index (κ1) is 14.3. The highest BCUT2D eigenvalue weighted by molar-refractivity contribution is 9.10. The van der Waals surface area contributed by atoms with Gasteiger partial charge < -0.3 is 10.5 Å². The Hall–Kier alpha value is -0.800. The molecule has 0 aromatic heterocycles. The Morgan fingerprint density at radius 1 is 1.53 bits per heavy atom. The number of rotatable bonds is 7. The van der Waals surface area contributed by atoms with Gasteiger partial charge in [0.2, 0.25) is 0 Å². The maximum absolute atomic E-state index is 5.99. The first-order valence-electron chi connectivity index (χ1n) is 5.95. The molecular weight excluding hydrogens is 278 g/mol. The second-order valence-electron chi connectivity index (χ2n) is 4.03. The van der Waals surface area contributed by atoms with E-state index in [1.54, 1.807) is 0 Å². The standard InChI is InChI=1S/C14H20BrNO/c1-3-5-9-17-14-11(10-12(16)4-2)7-6-8-13(14)15/h3,6-8,12H,1,4-5,9-10,16H2,2H3. The fourth-order valence-corrected chi connectivity index (χ4v) is 2.07. The minimum Gasteiger partial charge on any atom is -0.492 e. The highest BCUT2D eigenvalue weighted by Gasteiger charge is 2.10. The van der Waals surface area contributed by atoms with Crippen LogP contribution in [0.5, 0.6) is 5.75 Å². The summed E-state index contributed by atoms with van der Waals surface area (Å²) in [5, 5.41) is 0. The van der Waals surface area contributed by atoms with Gasteiger partial charge in [-0.15, -0.1) is 6.58 Å². The Bertz CT molecular complexity index is 365. The molecule has 1 rings (SSSR count). The van der Waals surface area contributed by atoms with Gasteiger partial charge in [-0.3, -0.25) is 0 Å². The normalized spacial score (nSPS) is 12.2. The number of benzene rings is 1. The van der Waals surface area contributed by atoms with Crippen LogP contribution >= 0.6 is 15.9 Å². The fraction of sp³-hybridized carbons (Fsp3) is 0.429. The van der Waals surface area contributed by atoms with Crippen LogP contribution in [0.25, 0.3) is 0 Å². The molecular formula is C14H20BrNO. The van der Waals surface area contributed by atoms with Gasteiger partial charge in [-0.25, -0.2) is 0 Å². The van der Waals surface area contributed by atoms with Crippen LogP contribution in [0.1, 0.15) is 25.3 Å². The van der Waals surface area contributed by atoms with Crippen molar-refractivity contribution in [2.45, 2.75) is 32.2 Å². The zero-order chi connectivity index (χ0) is 12.7. The Morgan fingerprint density at radius 3 is 2.94 bits per heavy atom. The summed E-state index contributed by atoms with van der Waals surface area (Å²) < 4.78 is 6.77. The summed E-state index contributed by atoms with van der Waals surface area (Å²) in [6.45, 7) is 6.44. The van der Waals surface area contributed by atoms with E-state index in [9.17, 15) is 0 Å². The molecule has 0 aliphatic carbocycles. The Kier molecular flexibility index (Phi) is 6.30. The molecule has 2 N–H and O–H groups in total. The van der Waals surface area contributed by atoms with Gasteiger partial charge in [0.25, 0.3) is 0 Å². The monoisotopic (exact) mass is 297 g/mol. The van der Waals surface area contributed by atoms with Gasteiger partial charge in [0, 0.05) is 6.04 Å². The average molecular weight is 298 g/mol. The van der Waals surface area contributed by atoms with Gasteiger partial charge >= 0.3 is 0 Å². The number of halogens is 1. The molecule has 0 saturated carbocycles. The summed E-state index contributed by atoms with van der Waals surface area (Å²) >= 11 is 3.52.